The van der Waals surface area contributed by atoms with E-state index in [0.717, 1.165) is 39.5 Å². The van der Waals surface area contributed by atoms with Gasteiger partial charge in [-0.3, -0.25) is 0 Å². The fourth-order valence-corrected chi connectivity index (χ4v) is 4.45. The molecule has 0 spiro atoms. The molecule has 6 nitrogen and oxygen atoms in total. The molecule has 0 amide bonds. The molecule has 1 N–H and O–H groups in total. The molecule has 3 aromatic carbocycles. The van der Waals surface area contributed by atoms with E-state index in [9.17, 15) is 0 Å². The van der Waals surface area contributed by atoms with E-state index in [2.05, 4.69) is 45.7 Å². The molecule has 0 unspecified atom stereocenters. The van der Waals surface area contributed by atoms with E-state index in [-0.39, 0.29) is 12.1 Å². The third-order valence-electron chi connectivity index (χ3n) is 5.83. The van der Waals surface area contributed by atoms with Gasteiger partial charge in [-0.05, 0) is 35.4 Å². The van der Waals surface area contributed by atoms with Crippen molar-refractivity contribution in [1.82, 2.24) is 14.8 Å². The van der Waals surface area contributed by atoms with Crippen LogP contribution in [0.2, 0.25) is 0 Å². The van der Waals surface area contributed by atoms with Crippen LogP contribution in [0.25, 0.3) is 5.70 Å². The highest BCUT2D eigenvalue weighted by molar-refractivity contribution is 5.85. The number of nitrogens with zero attached hydrogens (tertiary/aromatic N) is 3. The smallest absolute Gasteiger partial charge is 0.226 e. The summed E-state index contributed by atoms with van der Waals surface area (Å²) in [6.07, 6.45) is 1.31. The number of para-hydroxylation sites is 1. The average molecular weight is 408 g/mol. The number of benzene rings is 3. The summed E-state index contributed by atoms with van der Waals surface area (Å²) in [6, 6.07) is 26.3. The number of hydrogen-bond acceptors (Lipinski definition) is 5. The van der Waals surface area contributed by atoms with E-state index in [1.807, 2.05) is 53.2 Å². The molecule has 0 radical (unpaired) electrons. The van der Waals surface area contributed by atoms with Gasteiger partial charge in [-0.2, -0.15) is 10.1 Å². The zero-order chi connectivity index (χ0) is 20.8. The van der Waals surface area contributed by atoms with Gasteiger partial charge >= 0.3 is 0 Å². The molecule has 0 bridgehead atoms. The van der Waals surface area contributed by atoms with Crippen molar-refractivity contribution in [2.45, 2.75) is 12.1 Å². The Hall–Kier alpha value is -4.06. The quantitative estimate of drug-likeness (QED) is 0.525. The maximum Gasteiger partial charge on any atom is 0.226 e. The predicted octanol–water partition coefficient (Wildman–Crippen LogP) is 4.85. The second kappa shape index (κ2) is 7.02. The molecule has 31 heavy (non-hydrogen) atoms. The van der Waals surface area contributed by atoms with E-state index in [4.69, 9.17) is 9.47 Å². The second-order valence-corrected chi connectivity index (χ2v) is 7.57. The van der Waals surface area contributed by atoms with E-state index in [1.165, 1.54) is 0 Å². The highest BCUT2D eigenvalue weighted by atomic mass is 16.5. The minimum absolute atomic E-state index is 0.192. The molecule has 6 rings (SSSR count). The third-order valence-corrected chi connectivity index (χ3v) is 5.83. The van der Waals surface area contributed by atoms with Crippen LogP contribution in [-0.2, 0) is 0 Å². The summed E-state index contributed by atoms with van der Waals surface area (Å²) >= 11 is 0. The predicted molar refractivity (Wildman–Crippen MR) is 118 cm³/mol. The Kier molecular flexibility index (Phi) is 4.02. The molecule has 0 saturated heterocycles. The molecule has 0 aliphatic carbocycles. The van der Waals surface area contributed by atoms with Crippen LogP contribution in [0.4, 0.5) is 5.95 Å². The van der Waals surface area contributed by atoms with Crippen LogP contribution >= 0.6 is 0 Å². The molecular formula is C25H20N4O2. The van der Waals surface area contributed by atoms with Gasteiger partial charge in [0.05, 0.1) is 12.8 Å². The van der Waals surface area contributed by atoms with Crippen molar-refractivity contribution in [3.8, 4) is 11.5 Å². The number of ether oxygens (including phenoxy) is 2. The van der Waals surface area contributed by atoms with E-state index in [0.29, 0.717) is 5.95 Å². The Labute approximate surface area is 179 Å². The largest absolute Gasteiger partial charge is 0.497 e. The minimum atomic E-state index is -0.271. The molecule has 152 valence electrons. The van der Waals surface area contributed by atoms with Crippen LogP contribution < -0.4 is 14.8 Å². The highest BCUT2D eigenvalue weighted by Crippen LogP contribution is 2.50. The number of rotatable bonds is 3. The van der Waals surface area contributed by atoms with Crippen LogP contribution in [0.3, 0.4) is 0 Å². The Morgan fingerprint density at radius 1 is 0.935 bits per heavy atom. The van der Waals surface area contributed by atoms with Gasteiger partial charge in [0.25, 0.3) is 0 Å². The van der Waals surface area contributed by atoms with Crippen molar-refractivity contribution in [1.29, 1.82) is 0 Å². The maximum absolute atomic E-state index is 6.60. The summed E-state index contributed by atoms with van der Waals surface area (Å²) in [4.78, 5) is 4.47. The van der Waals surface area contributed by atoms with Gasteiger partial charge in [-0.1, -0.05) is 54.6 Å². The standard InChI is InChI=1S/C25H20N4O2/c1-30-18-11-7-10-17(14-18)23-21-22(28-25-26-15-27-29(23)25)19-12-5-6-13-20(19)31-24(21)16-8-3-2-4-9-16/h2-15,23-24H,1H3,(H,26,27,28)/t23-,24-/m0/s1. The lowest BCUT2D eigenvalue weighted by Crippen LogP contribution is -2.32. The normalized spacial score (nSPS) is 18.9. The molecule has 2 aliphatic heterocycles. The van der Waals surface area contributed by atoms with Gasteiger partial charge in [-0.15, -0.1) is 0 Å². The van der Waals surface area contributed by atoms with Crippen molar-refractivity contribution in [3.63, 3.8) is 0 Å². The average Bonchev–Trinajstić information content (AvgIpc) is 3.31. The highest BCUT2D eigenvalue weighted by Gasteiger charge is 2.40. The van der Waals surface area contributed by atoms with Crippen LogP contribution in [0, 0.1) is 0 Å². The summed E-state index contributed by atoms with van der Waals surface area (Å²) in [7, 11) is 1.68. The molecule has 2 atom stereocenters. The second-order valence-electron chi connectivity index (χ2n) is 7.57. The molecule has 0 saturated carbocycles. The Morgan fingerprint density at radius 3 is 2.61 bits per heavy atom. The van der Waals surface area contributed by atoms with Gasteiger partial charge in [-0.25, -0.2) is 4.68 Å². The molecule has 4 aromatic rings. The number of aromatic nitrogens is 3. The minimum Gasteiger partial charge on any atom is -0.497 e. The Balaban J connectivity index is 1.63. The first-order valence-corrected chi connectivity index (χ1v) is 10.2. The van der Waals surface area contributed by atoms with Gasteiger partial charge in [0.2, 0.25) is 5.95 Å². The van der Waals surface area contributed by atoms with Gasteiger partial charge in [0.15, 0.2) is 0 Å². The van der Waals surface area contributed by atoms with Crippen LogP contribution in [0.15, 0.2) is 90.8 Å². The lowest BCUT2D eigenvalue weighted by molar-refractivity contribution is 0.223. The fourth-order valence-electron chi connectivity index (χ4n) is 4.45. The summed E-state index contributed by atoms with van der Waals surface area (Å²) in [5.41, 5.74) is 5.28. The number of fused-ring (bicyclic) bond motifs is 3. The van der Waals surface area contributed by atoms with Crippen molar-refractivity contribution < 1.29 is 9.47 Å². The first-order valence-electron chi connectivity index (χ1n) is 10.2. The van der Waals surface area contributed by atoms with Gasteiger partial charge in [0.1, 0.15) is 30.0 Å². The van der Waals surface area contributed by atoms with Crippen LogP contribution in [0.5, 0.6) is 11.5 Å². The summed E-state index contributed by atoms with van der Waals surface area (Å²) in [5, 5.41) is 8.08. The monoisotopic (exact) mass is 408 g/mol. The van der Waals surface area contributed by atoms with Crippen molar-refractivity contribution >= 4 is 11.6 Å². The van der Waals surface area contributed by atoms with Crippen molar-refractivity contribution in [2.24, 2.45) is 0 Å². The molecule has 0 fully saturated rings. The Morgan fingerprint density at radius 2 is 1.74 bits per heavy atom. The summed E-state index contributed by atoms with van der Waals surface area (Å²) in [5.74, 6) is 2.35. The van der Waals surface area contributed by atoms with Gasteiger partial charge < -0.3 is 14.8 Å². The lowest BCUT2D eigenvalue weighted by Gasteiger charge is -2.39. The SMILES string of the molecule is COc1cccc([C@H]2C3=C(Nc4ncnn42)c2ccccc2O[C@H]3c2ccccc2)c1. The zero-order valence-corrected chi connectivity index (χ0v) is 16.9. The first-order chi connectivity index (χ1) is 15.3. The molecule has 3 heterocycles. The Bertz CT molecular complexity index is 1300. The van der Waals surface area contributed by atoms with E-state index in [1.54, 1.807) is 13.4 Å². The topological polar surface area (TPSA) is 61.2 Å². The maximum atomic E-state index is 6.60. The lowest BCUT2D eigenvalue weighted by atomic mass is 9.84. The van der Waals surface area contributed by atoms with E-state index >= 15 is 0 Å². The van der Waals surface area contributed by atoms with Crippen molar-refractivity contribution in [2.75, 3.05) is 12.4 Å². The summed E-state index contributed by atoms with van der Waals surface area (Å²) < 4.78 is 14.0. The molecular weight excluding hydrogens is 388 g/mol. The van der Waals surface area contributed by atoms with Crippen LogP contribution in [0.1, 0.15) is 28.8 Å². The van der Waals surface area contributed by atoms with Crippen LogP contribution in [-0.4, -0.2) is 21.9 Å². The fraction of sp³-hybridized carbons (Fsp3) is 0.120. The van der Waals surface area contributed by atoms with E-state index < -0.39 is 0 Å². The molecule has 6 heteroatoms. The molecule has 2 aliphatic rings. The first kappa shape index (κ1) is 17.8. The summed E-state index contributed by atoms with van der Waals surface area (Å²) in [6.45, 7) is 0. The zero-order valence-electron chi connectivity index (χ0n) is 16.9. The van der Waals surface area contributed by atoms with Crippen molar-refractivity contribution in [3.05, 3.63) is 107 Å². The number of methoxy groups -OCH3 is 1. The third kappa shape index (κ3) is 2.79. The molecule has 1 aromatic heterocycles. The number of anilines is 1. The number of nitrogens with one attached hydrogen (secondary N) is 1. The number of hydrogen-bond donors (Lipinski definition) is 1. The van der Waals surface area contributed by atoms with Gasteiger partial charge in [0, 0.05) is 11.1 Å².